The number of para-hydroxylation sites is 1. The Labute approximate surface area is 151 Å². The zero-order valence-electron chi connectivity index (χ0n) is 15.1. The summed E-state index contributed by atoms with van der Waals surface area (Å²) in [6.07, 6.45) is 2.35. The third-order valence-corrected chi connectivity index (χ3v) is 6.53. The fraction of sp³-hybridized carbons (Fsp3) is 0.611. The van der Waals surface area contributed by atoms with Crippen LogP contribution in [-0.4, -0.2) is 57.6 Å². The number of rotatable bonds is 8. The van der Waals surface area contributed by atoms with Gasteiger partial charge in [-0.1, -0.05) is 18.2 Å². The molecule has 0 aromatic heterocycles. The molecule has 1 aromatic carbocycles. The number of hydrogen-bond donors (Lipinski definition) is 1. The highest BCUT2D eigenvalue weighted by Gasteiger charge is 2.31. The molecule has 0 radical (unpaired) electrons. The largest absolute Gasteiger partial charge is 0.375 e. The number of nitrogens with zero attached hydrogens (tertiary/aromatic N) is 2. The smallest absolute Gasteiger partial charge is 0.224 e. The summed E-state index contributed by atoms with van der Waals surface area (Å²) in [5.41, 5.74) is 1.15. The number of anilines is 1. The van der Waals surface area contributed by atoms with Crippen LogP contribution in [0.2, 0.25) is 0 Å². The van der Waals surface area contributed by atoms with Crippen molar-refractivity contribution in [2.75, 3.05) is 43.9 Å². The van der Waals surface area contributed by atoms with Crippen LogP contribution in [-0.2, 0) is 14.8 Å². The normalized spacial score (nSPS) is 18.7. The van der Waals surface area contributed by atoms with E-state index in [1.807, 2.05) is 25.2 Å². The van der Waals surface area contributed by atoms with E-state index >= 15 is 0 Å². The minimum Gasteiger partial charge on any atom is -0.375 e. The van der Waals surface area contributed by atoms with Crippen molar-refractivity contribution in [3.63, 3.8) is 0 Å². The molecule has 7 heteroatoms. The minimum atomic E-state index is -3.21. The lowest BCUT2D eigenvalue weighted by Crippen LogP contribution is -2.46. The van der Waals surface area contributed by atoms with Gasteiger partial charge in [0.15, 0.2) is 0 Å². The first-order chi connectivity index (χ1) is 11.9. The average molecular weight is 368 g/mol. The van der Waals surface area contributed by atoms with Crippen LogP contribution in [0.5, 0.6) is 0 Å². The zero-order chi connectivity index (χ0) is 18.3. The molecule has 1 unspecified atom stereocenters. The summed E-state index contributed by atoms with van der Waals surface area (Å²) in [6.45, 7) is 3.94. The van der Waals surface area contributed by atoms with Gasteiger partial charge in [0.05, 0.1) is 11.7 Å². The number of carbonyl (C=O) groups excluding carboxylic acids is 1. The van der Waals surface area contributed by atoms with Gasteiger partial charge in [0, 0.05) is 38.9 Å². The Kier molecular flexibility index (Phi) is 7.25. The van der Waals surface area contributed by atoms with Crippen LogP contribution < -0.4 is 10.2 Å². The van der Waals surface area contributed by atoms with Gasteiger partial charge < -0.3 is 10.2 Å². The molecule has 1 fully saturated rings. The number of benzene rings is 1. The Bertz CT molecular complexity index is 649. The molecule has 0 bridgehead atoms. The standard InChI is InChI=1S/C18H29N3O3S/c1-3-25(23,24)21-14-7-9-16(15-21)18(22)19-12-8-13-20(2)17-10-5-4-6-11-17/h4-6,10-11,16H,3,7-9,12-15H2,1-2H3,(H,19,22). The second kappa shape index (κ2) is 9.20. The van der Waals surface area contributed by atoms with Gasteiger partial charge in [0.2, 0.25) is 15.9 Å². The number of nitrogens with one attached hydrogen (secondary N) is 1. The van der Waals surface area contributed by atoms with Gasteiger partial charge >= 0.3 is 0 Å². The van der Waals surface area contributed by atoms with Crippen LogP contribution >= 0.6 is 0 Å². The van der Waals surface area contributed by atoms with Crippen LogP contribution in [0.15, 0.2) is 30.3 Å². The van der Waals surface area contributed by atoms with Crippen molar-refractivity contribution in [1.82, 2.24) is 9.62 Å². The maximum absolute atomic E-state index is 12.3. The highest BCUT2D eigenvalue weighted by Crippen LogP contribution is 2.19. The number of carbonyl (C=O) groups is 1. The topological polar surface area (TPSA) is 69.7 Å². The highest BCUT2D eigenvalue weighted by atomic mass is 32.2. The Morgan fingerprint density at radius 2 is 2.04 bits per heavy atom. The molecule has 1 aromatic rings. The molecule has 1 atom stereocenters. The molecule has 0 aliphatic carbocycles. The van der Waals surface area contributed by atoms with E-state index in [2.05, 4.69) is 22.3 Å². The molecule has 1 amide bonds. The average Bonchev–Trinajstić information content (AvgIpc) is 2.65. The molecule has 6 nitrogen and oxygen atoms in total. The van der Waals surface area contributed by atoms with Crippen LogP contribution in [0.3, 0.4) is 0 Å². The van der Waals surface area contributed by atoms with Crippen LogP contribution in [0, 0.1) is 5.92 Å². The summed E-state index contributed by atoms with van der Waals surface area (Å²) in [7, 11) is -1.17. The Balaban J connectivity index is 1.73. The second-order valence-corrected chi connectivity index (χ2v) is 8.76. The molecule has 2 rings (SSSR count). The lowest BCUT2D eigenvalue weighted by Gasteiger charge is -2.31. The maximum atomic E-state index is 12.3. The monoisotopic (exact) mass is 367 g/mol. The van der Waals surface area contributed by atoms with E-state index in [1.54, 1.807) is 6.92 Å². The summed E-state index contributed by atoms with van der Waals surface area (Å²) in [4.78, 5) is 14.5. The third kappa shape index (κ3) is 5.71. The van der Waals surface area contributed by atoms with Crippen molar-refractivity contribution in [3.8, 4) is 0 Å². The van der Waals surface area contributed by atoms with Crippen molar-refractivity contribution in [2.45, 2.75) is 26.2 Å². The fourth-order valence-corrected chi connectivity index (χ4v) is 4.25. The van der Waals surface area contributed by atoms with Gasteiger partial charge in [-0.2, -0.15) is 0 Å². The van der Waals surface area contributed by atoms with Crippen LogP contribution in [0.4, 0.5) is 5.69 Å². The number of hydrogen-bond acceptors (Lipinski definition) is 4. The van der Waals surface area contributed by atoms with E-state index in [4.69, 9.17) is 0 Å². The molecular weight excluding hydrogens is 338 g/mol. The van der Waals surface area contributed by atoms with Crippen LogP contribution in [0.1, 0.15) is 26.2 Å². The number of piperidine rings is 1. The summed E-state index contributed by atoms with van der Waals surface area (Å²) in [6, 6.07) is 10.1. The molecule has 1 N–H and O–H groups in total. The lowest BCUT2D eigenvalue weighted by molar-refractivity contribution is -0.126. The quantitative estimate of drug-likeness (QED) is 0.710. The van der Waals surface area contributed by atoms with E-state index in [0.29, 0.717) is 19.6 Å². The summed E-state index contributed by atoms with van der Waals surface area (Å²) >= 11 is 0. The Morgan fingerprint density at radius 3 is 2.72 bits per heavy atom. The molecule has 1 aliphatic rings. The molecule has 1 heterocycles. The molecule has 1 aliphatic heterocycles. The van der Waals surface area contributed by atoms with Crippen molar-refractivity contribution >= 4 is 21.6 Å². The lowest BCUT2D eigenvalue weighted by atomic mass is 9.99. The predicted molar refractivity (Wildman–Crippen MR) is 101 cm³/mol. The minimum absolute atomic E-state index is 0.0293. The van der Waals surface area contributed by atoms with Crippen molar-refractivity contribution in [1.29, 1.82) is 0 Å². The van der Waals surface area contributed by atoms with Gasteiger partial charge in [0.25, 0.3) is 0 Å². The van der Waals surface area contributed by atoms with E-state index in [-0.39, 0.29) is 17.6 Å². The van der Waals surface area contributed by atoms with E-state index in [0.717, 1.165) is 31.5 Å². The van der Waals surface area contributed by atoms with Crippen molar-refractivity contribution in [2.24, 2.45) is 5.92 Å². The first kappa shape index (κ1) is 19.7. The summed E-state index contributed by atoms with van der Waals surface area (Å²) < 4.78 is 25.4. The van der Waals surface area contributed by atoms with Gasteiger partial charge in [-0.3, -0.25) is 4.79 Å². The Morgan fingerprint density at radius 1 is 1.32 bits per heavy atom. The van der Waals surface area contributed by atoms with Gasteiger partial charge in [-0.25, -0.2) is 12.7 Å². The van der Waals surface area contributed by atoms with Crippen molar-refractivity contribution < 1.29 is 13.2 Å². The molecule has 0 saturated carbocycles. The maximum Gasteiger partial charge on any atom is 0.224 e. The number of sulfonamides is 1. The van der Waals surface area contributed by atoms with Gasteiger partial charge in [0.1, 0.15) is 0 Å². The van der Waals surface area contributed by atoms with Gasteiger partial charge in [-0.15, -0.1) is 0 Å². The molecule has 25 heavy (non-hydrogen) atoms. The fourth-order valence-electron chi connectivity index (χ4n) is 3.08. The molecule has 1 saturated heterocycles. The van der Waals surface area contributed by atoms with E-state index < -0.39 is 10.0 Å². The Hall–Kier alpha value is -1.60. The third-order valence-electron chi connectivity index (χ3n) is 4.68. The summed E-state index contributed by atoms with van der Waals surface area (Å²) in [5.74, 6) is -0.173. The summed E-state index contributed by atoms with van der Waals surface area (Å²) in [5, 5.41) is 2.96. The highest BCUT2D eigenvalue weighted by molar-refractivity contribution is 7.89. The molecular formula is C18H29N3O3S. The van der Waals surface area contributed by atoms with Crippen LogP contribution in [0.25, 0.3) is 0 Å². The zero-order valence-corrected chi connectivity index (χ0v) is 16.0. The van der Waals surface area contributed by atoms with Gasteiger partial charge in [-0.05, 0) is 38.3 Å². The molecule has 0 spiro atoms. The molecule has 140 valence electrons. The SMILES string of the molecule is CCS(=O)(=O)N1CCCC(C(=O)NCCCN(C)c2ccccc2)C1. The van der Waals surface area contributed by atoms with E-state index in [1.165, 1.54) is 4.31 Å². The number of amides is 1. The van der Waals surface area contributed by atoms with E-state index in [9.17, 15) is 13.2 Å². The second-order valence-electron chi connectivity index (χ2n) is 6.50. The predicted octanol–water partition coefficient (Wildman–Crippen LogP) is 1.69. The van der Waals surface area contributed by atoms with Crippen molar-refractivity contribution in [3.05, 3.63) is 30.3 Å². The first-order valence-corrected chi connectivity index (χ1v) is 10.6. The first-order valence-electron chi connectivity index (χ1n) is 8.95.